The van der Waals surface area contributed by atoms with E-state index in [1.807, 2.05) is 71.0 Å². The normalized spacial score (nSPS) is 15.8. The number of rotatable bonds is 9. The molecule has 1 fully saturated rings. The molecule has 2 aromatic carbocycles. The fourth-order valence-electron chi connectivity index (χ4n) is 5.80. The van der Waals surface area contributed by atoms with E-state index in [0.717, 1.165) is 29.5 Å². The van der Waals surface area contributed by atoms with E-state index in [4.69, 9.17) is 31.2 Å². The van der Waals surface area contributed by atoms with Crippen LogP contribution in [0.25, 0.3) is 28.0 Å². The van der Waals surface area contributed by atoms with Crippen LogP contribution in [0.5, 0.6) is 5.75 Å². The molecule has 3 heterocycles. The van der Waals surface area contributed by atoms with Crippen molar-refractivity contribution in [3.8, 4) is 28.1 Å². The molecule has 45 heavy (non-hydrogen) atoms. The van der Waals surface area contributed by atoms with Gasteiger partial charge in [0.2, 0.25) is 0 Å². The number of hydrogen-bond acceptors (Lipinski definition) is 7. The molecule has 0 saturated carbocycles. The highest BCUT2D eigenvalue weighted by molar-refractivity contribution is 6.31. The van der Waals surface area contributed by atoms with E-state index >= 15 is 0 Å². The van der Waals surface area contributed by atoms with Crippen LogP contribution < -0.4 is 4.90 Å². The summed E-state index contributed by atoms with van der Waals surface area (Å²) in [5.74, 6) is -0.354. The molecule has 2 aromatic heterocycles. The number of carboxylic acids is 1. The van der Waals surface area contributed by atoms with Crippen molar-refractivity contribution in [2.45, 2.75) is 71.7 Å². The van der Waals surface area contributed by atoms with Gasteiger partial charge in [-0.25, -0.2) is 9.78 Å². The summed E-state index contributed by atoms with van der Waals surface area (Å²) < 4.78 is 14.0. The lowest BCUT2D eigenvalue weighted by molar-refractivity contribution is -0.160. The number of phenolic OH excluding ortho intramolecular Hbond substituents is 1. The summed E-state index contributed by atoms with van der Waals surface area (Å²) in [5, 5.41) is 26.6. The van der Waals surface area contributed by atoms with Crippen LogP contribution in [-0.2, 0) is 14.3 Å². The number of hydrogen-bond donors (Lipinski definition) is 2. The molecular formula is C35H41ClN4O5. The van der Waals surface area contributed by atoms with Gasteiger partial charge in [0.25, 0.3) is 0 Å². The zero-order chi connectivity index (χ0) is 32.7. The Hall–Kier alpha value is -3.92. The summed E-state index contributed by atoms with van der Waals surface area (Å²) in [7, 11) is 0. The molecule has 0 aliphatic carbocycles. The highest BCUT2D eigenvalue weighted by Gasteiger charge is 2.37. The molecule has 0 bridgehead atoms. The fourth-order valence-corrected chi connectivity index (χ4v) is 5.96. The molecule has 1 aliphatic heterocycles. The Kier molecular flexibility index (Phi) is 8.99. The molecule has 0 spiro atoms. The number of aromatic hydroxyl groups is 1. The molecule has 238 valence electrons. The number of carbonyl (C=O) groups is 1. The monoisotopic (exact) mass is 632 g/mol. The highest BCUT2D eigenvalue weighted by atomic mass is 35.5. The van der Waals surface area contributed by atoms with Crippen molar-refractivity contribution in [1.82, 2.24) is 14.6 Å². The van der Waals surface area contributed by atoms with E-state index in [1.165, 1.54) is 0 Å². The van der Waals surface area contributed by atoms with Gasteiger partial charge in [-0.2, -0.15) is 9.61 Å². The minimum Gasteiger partial charge on any atom is -0.507 e. The number of nitrogens with zero attached hydrogens (tertiary/aromatic N) is 4. The largest absolute Gasteiger partial charge is 0.507 e. The van der Waals surface area contributed by atoms with E-state index in [0.29, 0.717) is 58.7 Å². The van der Waals surface area contributed by atoms with Gasteiger partial charge in [0.05, 0.1) is 29.1 Å². The van der Waals surface area contributed by atoms with E-state index in [-0.39, 0.29) is 11.4 Å². The number of benzene rings is 2. The predicted molar refractivity (Wildman–Crippen MR) is 177 cm³/mol. The van der Waals surface area contributed by atoms with Crippen LogP contribution in [0.1, 0.15) is 63.5 Å². The summed E-state index contributed by atoms with van der Waals surface area (Å²) in [4.78, 5) is 19.7. The predicted octanol–water partition coefficient (Wildman–Crippen LogP) is 7.54. The maximum atomic E-state index is 12.7. The molecule has 2 N–H and O–H groups in total. The third-order valence-corrected chi connectivity index (χ3v) is 8.59. The summed E-state index contributed by atoms with van der Waals surface area (Å²) in [6.45, 7) is 16.8. The van der Waals surface area contributed by atoms with Crippen LogP contribution in [0.3, 0.4) is 0 Å². The van der Waals surface area contributed by atoms with E-state index in [9.17, 15) is 15.0 Å². The fraction of sp³-hybridized carbons (Fsp3) is 0.400. The van der Waals surface area contributed by atoms with Crippen molar-refractivity contribution in [1.29, 1.82) is 0 Å². The first kappa shape index (κ1) is 32.5. The van der Waals surface area contributed by atoms with Gasteiger partial charge in [0.1, 0.15) is 11.6 Å². The number of phenols is 1. The summed E-state index contributed by atoms with van der Waals surface area (Å²) in [6.07, 6.45) is 1.97. The topological polar surface area (TPSA) is 109 Å². The average molecular weight is 633 g/mol. The first-order chi connectivity index (χ1) is 21.2. The smallest absolute Gasteiger partial charge is 0.337 e. The van der Waals surface area contributed by atoms with Gasteiger partial charge < -0.3 is 24.6 Å². The van der Waals surface area contributed by atoms with Crippen molar-refractivity contribution in [3.05, 3.63) is 77.0 Å². The first-order valence-electron chi connectivity index (χ1n) is 15.1. The van der Waals surface area contributed by atoms with Crippen LogP contribution in [0, 0.1) is 13.8 Å². The Morgan fingerprint density at radius 2 is 1.84 bits per heavy atom. The Labute approximate surface area is 269 Å². The van der Waals surface area contributed by atoms with E-state index in [1.54, 1.807) is 16.7 Å². The first-order valence-corrected chi connectivity index (χ1v) is 15.5. The highest BCUT2D eigenvalue weighted by Crippen LogP contribution is 2.39. The number of carboxylic acid groups (broad SMARTS) is 1. The van der Waals surface area contributed by atoms with Gasteiger partial charge in [-0.15, -0.1) is 6.58 Å². The molecule has 1 atom stereocenters. The summed E-state index contributed by atoms with van der Waals surface area (Å²) in [5.41, 5.74) is 4.41. The maximum Gasteiger partial charge on any atom is 0.337 e. The minimum absolute atomic E-state index is 0.0923. The van der Waals surface area contributed by atoms with Crippen LogP contribution in [0.2, 0.25) is 5.02 Å². The van der Waals surface area contributed by atoms with Crippen LogP contribution in [-0.4, -0.2) is 61.7 Å². The average Bonchev–Trinajstić information content (AvgIpc) is 3.40. The van der Waals surface area contributed by atoms with Gasteiger partial charge in [-0.3, -0.25) is 0 Å². The lowest BCUT2D eigenvalue weighted by Gasteiger charge is -2.41. The van der Waals surface area contributed by atoms with Crippen LogP contribution in [0.4, 0.5) is 5.82 Å². The second-order valence-corrected chi connectivity index (χ2v) is 13.3. The molecule has 1 saturated heterocycles. The molecule has 0 amide bonds. The van der Waals surface area contributed by atoms with Gasteiger partial charge >= 0.3 is 5.97 Å². The number of fused-ring (bicyclic) bond motifs is 1. The van der Waals surface area contributed by atoms with Crippen LogP contribution in [0.15, 0.2) is 55.1 Å². The quantitative estimate of drug-likeness (QED) is 0.182. The Morgan fingerprint density at radius 1 is 1.16 bits per heavy atom. The number of ether oxygens (including phenoxy) is 2. The van der Waals surface area contributed by atoms with Gasteiger partial charge in [-0.05, 0) is 83.7 Å². The summed E-state index contributed by atoms with van der Waals surface area (Å²) >= 11 is 6.22. The molecule has 5 rings (SSSR count). The maximum absolute atomic E-state index is 12.7. The lowest BCUT2D eigenvalue weighted by Crippen LogP contribution is -2.45. The second-order valence-electron chi connectivity index (χ2n) is 12.9. The van der Waals surface area contributed by atoms with Gasteiger partial charge in [0.15, 0.2) is 11.8 Å². The Balaban J connectivity index is 1.65. The molecule has 1 unspecified atom stereocenters. The SMILES string of the molecule is C=CCOC1(C)CCN(c2c(C(OC(C)(C)C)C(=O)O)c(C)nc3cc(-c4cccc(-c5cc(C)c(Cl)cc5O)c4)nn23)CC1. The Morgan fingerprint density at radius 3 is 2.49 bits per heavy atom. The van der Waals surface area contributed by atoms with Crippen molar-refractivity contribution in [3.63, 3.8) is 0 Å². The molecule has 0 radical (unpaired) electrons. The van der Waals surface area contributed by atoms with Crippen LogP contribution >= 0.6 is 11.6 Å². The van der Waals surface area contributed by atoms with Crippen molar-refractivity contribution < 1.29 is 24.5 Å². The lowest BCUT2D eigenvalue weighted by atomic mass is 9.92. The molecule has 1 aliphatic rings. The summed E-state index contributed by atoms with van der Waals surface area (Å²) in [6, 6.07) is 13.1. The van der Waals surface area contributed by atoms with Crippen molar-refractivity contribution in [2.75, 3.05) is 24.6 Å². The molecule has 4 aromatic rings. The zero-order valence-electron chi connectivity index (χ0n) is 26.7. The zero-order valence-corrected chi connectivity index (χ0v) is 27.5. The van der Waals surface area contributed by atoms with Crippen molar-refractivity contribution >= 4 is 29.0 Å². The number of halogens is 1. The Bertz CT molecular complexity index is 1750. The second kappa shape index (κ2) is 12.5. The number of aromatic nitrogens is 3. The number of aryl methyl sites for hydroxylation is 2. The molecular weight excluding hydrogens is 592 g/mol. The van der Waals surface area contributed by atoms with Gasteiger partial charge in [-0.1, -0.05) is 35.9 Å². The van der Waals surface area contributed by atoms with E-state index in [2.05, 4.69) is 18.4 Å². The van der Waals surface area contributed by atoms with E-state index < -0.39 is 17.7 Å². The molecule has 10 heteroatoms. The third kappa shape index (κ3) is 6.85. The molecule has 9 nitrogen and oxygen atoms in total. The van der Waals surface area contributed by atoms with Gasteiger partial charge in [0, 0.05) is 41.0 Å². The number of aliphatic carboxylic acids is 1. The third-order valence-electron chi connectivity index (χ3n) is 8.18. The standard InChI is InChI=1S/C35H41ClN4O5/c1-8-16-44-35(7)12-14-39(15-13-35)32-30(31(33(42)43)45-34(4,5)6)22(3)37-29-20-27(38-40(29)32)24-11-9-10-23(18-24)25-17-21(2)26(36)19-28(25)41/h8-11,17-20,31,41H,1,12-16H2,2-7H3,(H,42,43). The van der Waals surface area contributed by atoms with Crippen molar-refractivity contribution in [2.24, 2.45) is 0 Å². The number of piperidine rings is 1. The number of anilines is 1. The minimum atomic E-state index is -1.26.